The zero-order valence-electron chi connectivity index (χ0n) is 20.1. The van der Waals surface area contributed by atoms with Gasteiger partial charge in [-0.25, -0.2) is 0 Å². The number of para-hydroxylation sites is 3. The first-order valence-electron chi connectivity index (χ1n) is 11.0. The molecule has 0 saturated heterocycles. The van der Waals surface area contributed by atoms with E-state index in [2.05, 4.69) is 35.7 Å². The Balaban J connectivity index is 1.75. The average Bonchev–Trinajstić information content (AvgIpc) is 2.90. The Kier molecular flexibility index (Phi) is 10.3. The molecule has 3 aromatic rings. The number of hydrogen-bond donors (Lipinski definition) is 3. The molecule has 0 spiro atoms. The molecule has 3 aromatic carbocycles. The number of thiocarbonyl (C=S) groups is 3. The second-order valence-electron chi connectivity index (χ2n) is 7.45. The van der Waals surface area contributed by atoms with Crippen molar-refractivity contribution in [3.63, 3.8) is 0 Å². The van der Waals surface area contributed by atoms with Crippen LogP contribution < -0.4 is 16.0 Å². The molecule has 0 aliphatic carbocycles. The normalized spacial score (nSPS) is 10.3. The van der Waals surface area contributed by atoms with Crippen LogP contribution in [-0.2, 0) is 18.1 Å². The Labute approximate surface area is 237 Å². The van der Waals surface area contributed by atoms with Gasteiger partial charge in [-0.05, 0) is 36.4 Å². The van der Waals surface area contributed by atoms with E-state index in [1.807, 2.05) is 54.6 Å². The van der Waals surface area contributed by atoms with Gasteiger partial charge >= 0.3 is 7.82 Å². The van der Waals surface area contributed by atoms with Crippen LogP contribution in [0.25, 0.3) is 0 Å². The molecule has 7 nitrogen and oxygen atoms in total. The molecule has 38 heavy (non-hydrogen) atoms. The van der Waals surface area contributed by atoms with Gasteiger partial charge in [-0.1, -0.05) is 111 Å². The third-order valence-corrected chi connectivity index (χ3v) is 6.84. The van der Waals surface area contributed by atoms with Crippen LogP contribution in [0.4, 0.5) is 17.1 Å². The van der Waals surface area contributed by atoms with Crippen molar-refractivity contribution >= 4 is 76.5 Å². The first-order chi connectivity index (χ1) is 18.1. The maximum atomic E-state index is 13.8. The molecule has 0 aliphatic rings. The molecule has 0 heterocycles. The fraction of sp³-hybridized carbons (Fsp3) is 0. The Hall–Kier alpha value is -3.82. The maximum Gasteiger partial charge on any atom is 0.647 e. The standard InChI is InChI=1S/C27H24N3O4PS3/c1-19(25(36)28-22-13-7-4-8-14-22)32-35(31,33-20(2)26(37)29-23-15-9-5-10-16-23)34-21(3)27(38)30-24-17-11-6-12-18-24/h4-18H,1-3H2,(H,28,36)(H,29,37)(H,30,38). The predicted molar refractivity (Wildman–Crippen MR) is 166 cm³/mol. The lowest BCUT2D eigenvalue weighted by Gasteiger charge is -2.23. The molecule has 0 unspecified atom stereocenters. The van der Waals surface area contributed by atoms with Crippen LogP contribution in [0, 0.1) is 0 Å². The Morgan fingerprint density at radius 3 is 1.00 bits per heavy atom. The van der Waals surface area contributed by atoms with E-state index in [1.165, 1.54) is 0 Å². The van der Waals surface area contributed by atoms with Crippen molar-refractivity contribution < 1.29 is 18.1 Å². The molecule has 0 aliphatic heterocycles. The van der Waals surface area contributed by atoms with Gasteiger partial charge in [0, 0.05) is 17.1 Å². The summed E-state index contributed by atoms with van der Waals surface area (Å²) in [5.41, 5.74) is 2.03. The van der Waals surface area contributed by atoms with Gasteiger partial charge in [0.15, 0.2) is 17.3 Å². The second-order valence-corrected chi connectivity index (χ2v) is 10.1. The summed E-state index contributed by atoms with van der Waals surface area (Å²) < 4.78 is 30.4. The first-order valence-corrected chi connectivity index (χ1v) is 13.7. The van der Waals surface area contributed by atoms with Crippen LogP contribution in [0.1, 0.15) is 0 Å². The summed E-state index contributed by atoms with van der Waals surface area (Å²) in [4.78, 5) is 0.152. The molecule has 194 valence electrons. The predicted octanol–water partition coefficient (Wildman–Crippen LogP) is 8.00. The van der Waals surface area contributed by atoms with Gasteiger partial charge in [-0.2, -0.15) is 4.57 Å². The van der Waals surface area contributed by atoms with Crippen molar-refractivity contribution in [2.24, 2.45) is 0 Å². The molecule has 3 N–H and O–H groups in total. The van der Waals surface area contributed by atoms with Gasteiger partial charge in [0.05, 0.1) is 0 Å². The largest absolute Gasteiger partial charge is 0.647 e. The minimum atomic E-state index is -4.54. The summed E-state index contributed by atoms with van der Waals surface area (Å²) in [6.07, 6.45) is 0. The van der Waals surface area contributed by atoms with E-state index >= 15 is 0 Å². The van der Waals surface area contributed by atoms with E-state index in [0.29, 0.717) is 17.1 Å². The summed E-state index contributed by atoms with van der Waals surface area (Å²) >= 11 is 16.0. The molecule has 0 amide bonds. The van der Waals surface area contributed by atoms with Crippen LogP contribution in [0.5, 0.6) is 0 Å². The van der Waals surface area contributed by atoms with Gasteiger partial charge in [0.2, 0.25) is 0 Å². The number of phosphoric acid groups is 1. The fourth-order valence-corrected chi connectivity index (χ4v) is 4.61. The SMILES string of the molecule is C=C(OP(=O)(OC(=C)C(=S)Nc1ccccc1)OC(=C)C(=S)Nc1ccccc1)C(=S)Nc1ccccc1. The molecule has 3 rings (SSSR count). The third-order valence-electron chi connectivity index (χ3n) is 4.52. The summed E-state index contributed by atoms with van der Waals surface area (Å²) in [6.45, 7) is 11.3. The number of phosphoric ester groups is 1. The Morgan fingerprint density at radius 1 is 0.526 bits per heavy atom. The van der Waals surface area contributed by atoms with Crippen LogP contribution in [0.3, 0.4) is 0 Å². The summed E-state index contributed by atoms with van der Waals surface area (Å²) in [5.74, 6) is -0.551. The van der Waals surface area contributed by atoms with Crippen molar-refractivity contribution in [2.45, 2.75) is 0 Å². The lowest BCUT2D eigenvalue weighted by atomic mass is 10.3. The molecule has 0 atom stereocenters. The Morgan fingerprint density at radius 2 is 0.763 bits per heavy atom. The van der Waals surface area contributed by atoms with Crippen molar-refractivity contribution in [3.05, 3.63) is 128 Å². The number of anilines is 3. The van der Waals surface area contributed by atoms with E-state index in [9.17, 15) is 4.57 Å². The molecule has 0 bridgehead atoms. The van der Waals surface area contributed by atoms with Gasteiger partial charge in [0.25, 0.3) is 0 Å². The lowest BCUT2D eigenvalue weighted by Crippen LogP contribution is -2.18. The molecule has 11 heteroatoms. The summed E-state index contributed by atoms with van der Waals surface area (Å²) in [7, 11) is -4.54. The van der Waals surface area contributed by atoms with Crippen LogP contribution in [-0.4, -0.2) is 15.0 Å². The summed E-state index contributed by atoms with van der Waals surface area (Å²) in [6, 6.07) is 27.2. The number of nitrogens with one attached hydrogen (secondary N) is 3. The second kappa shape index (κ2) is 13.6. The molecule has 0 fully saturated rings. The maximum absolute atomic E-state index is 13.8. The van der Waals surface area contributed by atoms with E-state index in [-0.39, 0.29) is 32.2 Å². The number of hydrogen-bond acceptors (Lipinski definition) is 7. The highest BCUT2D eigenvalue weighted by Gasteiger charge is 2.37. The third kappa shape index (κ3) is 8.93. The fourth-order valence-electron chi connectivity index (χ4n) is 2.75. The molecule has 0 aromatic heterocycles. The highest BCUT2D eigenvalue weighted by atomic mass is 32.1. The van der Waals surface area contributed by atoms with Crippen LogP contribution >= 0.6 is 44.5 Å². The van der Waals surface area contributed by atoms with Crippen molar-refractivity contribution in [2.75, 3.05) is 16.0 Å². The van der Waals surface area contributed by atoms with Crippen molar-refractivity contribution in [1.82, 2.24) is 0 Å². The topological polar surface area (TPSA) is 80.9 Å². The average molecular weight is 582 g/mol. The van der Waals surface area contributed by atoms with Crippen LogP contribution in [0.2, 0.25) is 0 Å². The molecule has 0 saturated carbocycles. The van der Waals surface area contributed by atoms with E-state index < -0.39 is 7.82 Å². The molecule has 0 radical (unpaired) electrons. The molecular weight excluding hydrogens is 557 g/mol. The minimum absolute atomic E-state index is 0.0508. The summed E-state index contributed by atoms with van der Waals surface area (Å²) in [5, 5.41) is 8.81. The molecular formula is C27H24N3O4PS3. The van der Waals surface area contributed by atoms with Gasteiger partial charge in [-0.15, -0.1) is 0 Å². The van der Waals surface area contributed by atoms with E-state index in [0.717, 1.165) is 0 Å². The van der Waals surface area contributed by atoms with Gasteiger partial charge < -0.3 is 29.5 Å². The lowest BCUT2D eigenvalue weighted by molar-refractivity contribution is 0.214. The zero-order valence-corrected chi connectivity index (χ0v) is 23.4. The van der Waals surface area contributed by atoms with Crippen molar-refractivity contribution in [1.29, 1.82) is 0 Å². The minimum Gasteiger partial charge on any atom is -0.383 e. The number of benzene rings is 3. The monoisotopic (exact) mass is 581 g/mol. The zero-order chi connectivity index (χ0) is 27.5. The first kappa shape index (κ1) is 28.7. The van der Waals surface area contributed by atoms with E-state index in [1.54, 1.807) is 36.4 Å². The van der Waals surface area contributed by atoms with Gasteiger partial charge in [-0.3, -0.25) is 0 Å². The van der Waals surface area contributed by atoms with E-state index in [4.69, 9.17) is 50.2 Å². The van der Waals surface area contributed by atoms with Gasteiger partial charge in [0.1, 0.15) is 15.0 Å². The van der Waals surface area contributed by atoms with Crippen molar-refractivity contribution in [3.8, 4) is 0 Å². The smallest absolute Gasteiger partial charge is 0.383 e. The quantitative estimate of drug-likeness (QED) is 0.0847. The number of rotatable bonds is 12. The highest BCUT2D eigenvalue weighted by Crippen LogP contribution is 2.55. The van der Waals surface area contributed by atoms with Crippen LogP contribution in [0.15, 0.2) is 128 Å². The Bertz CT molecular complexity index is 1230. The highest BCUT2D eigenvalue weighted by molar-refractivity contribution is 7.81.